The van der Waals surface area contributed by atoms with Crippen LogP contribution in [-0.2, 0) is 22.4 Å². The lowest BCUT2D eigenvalue weighted by Gasteiger charge is -2.25. The van der Waals surface area contributed by atoms with Gasteiger partial charge in [0, 0.05) is 5.69 Å². The molecule has 0 bridgehead atoms. The molecule has 1 aliphatic rings. The Bertz CT molecular complexity index is 799. The number of esters is 1. The van der Waals surface area contributed by atoms with Gasteiger partial charge in [-0.05, 0) is 49.3 Å². The van der Waals surface area contributed by atoms with Crippen molar-refractivity contribution in [3.05, 3.63) is 58.8 Å². The summed E-state index contributed by atoms with van der Waals surface area (Å²) in [6, 6.07) is 14.7. The van der Waals surface area contributed by atoms with Crippen molar-refractivity contribution >= 4 is 17.7 Å². The van der Waals surface area contributed by atoms with Gasteiger partial charge in [-0.25, -0.2) is 4.98 Å². The molecule has 1 aliphatic carbocycles. The SMILES string of the molecule is CCOC(=O)CSc1nc2c(cc1C#N)CC(c1ccccc1)CC2. The summed E-state index contributed by atoms with van der Waals surface area (Å²) >= 11 is 1.28. The van der Waals surface area contributed by atoms with E-state index in [2.05, 4.69) is 35.3 Å². The van der Waals surface area contributed by atoms with Gasteiger partial charge in [0.1, 0.15) is 11.1 Å². The van der Waals surface area contributed by atoms with Crippen LogP contribution in [0.3, 0.4) is 0 Å². The Morgan fingerprint density at radius 3 is 2.92 bits per heavy atom. The molecule has 1 aromatic heterocycles. The smallest absolute Gasteiger partial charge is 0.316 e. The maximum atomic E-state index is 11.6. The van der Waals surface area contributed by atoms with Crippen LogP contribution in [0.25, 0.3) is 0 Å². The Labute approximate surface area is 152 Å². The number of aromatic nitrogens is 1. The highest BCUT2D eigenvalue weighted by molar-refractivity contribution is 7.99. The first-order valence-corrected chi connectivity index (χ1v) is 9.46. The molecular weight excluding hydrogens is 332 g/mol. The first-order valence-electron chi connectivity index (χ1n) is 8.47. The van der Waals surface area contributed by atoms with Crippen molar-refractivity contribution in [3.8, 4) is 6.07 Å². The van der Waals surface area contributed by atoms with Crippen LogP contribution in [0.15, 0.2) is 41.4 Å². The van der Waals surface area contributed by atoms with Gasteiger partial charge in [0.15, 0.2) is 0 Å². The summed E-state index contributed by atoms with van der Waals surface area (Å²) in [5, 5.41) is 10.1. The number of nitriles is 1. The number of thioether (sulfide) groups is 1. The molecule has 0 spiro atoms. The van der Waals surface area contributed by atoms with Gasteiger partial charge in [-0.3, -0.25) is 4.79 Å². The maximum Gasteiger partial charge on any atom is 0.316 e. The normalized spacial score (nSPS) is 15.9. The van der Waals surface area contributed by atoms with Crippen molar-refractivity contribution in [3.63, 3.8) is 0 Å². The van der Waals surface area contributed by atoms with Crippen molar-refractivity contribution in [2.24, 2.45) is 0 Å². The van der Waals surface area contributed by atoms with Gasteiger partial charge in [0.2, 0.25) is 0 Å². The van der Waals surface area contributed by atoms with Crippen LogP contribution in [0.1, 0.15) is 41.6 Å². The largest absolute Gasteiger partial charge is 0.465 e. The lowest BCUT2D eigenvalue weighted by molar-refractivity contribution is -0.139. The van der Waals surface area contributed by atoms with Gasteiger partial charge in [-0.1, -0.05) is 42.1 Å². The highest BCUT2D eigenvalue weighted by Gasteiger charge is 2.23. The third kappa shape index (κ3) is 4.21. The predicted octanol–water partition coefficient (Wildman–Crippen LogP) is 3.88. The monoisotopic (exact) mass is 352 g/mol. The van der Waals surface area contributed by atoms with Crippen LogP contribution in [0.5, 0.6) is 0 Å². The summed E-state index contributed by atoms with van der Waals surface area (Å²) < 4.78 is 4.94. The van der Waals surface area contributed by atoms with Crippen LogP contribution >= 0.6 is 11.8 Å². The molecule has 0 amide bonds. The average Bonchev–Trinajstić information content (AvgIpc) is 2.66. The minimum atomic E-state index is -0.278. The molecule has 0 N–H and O–H groups in total. The Morgan fingerprint density at radius 2 is 2.20 bits per heavy atom. The molecular formula is C20H20N2O2S. The minimum Gasteiger partial charge on any atom is -0.465 e. The number of aryl methyl sites for hydroxylation is 1. The first kappa shape index (κ1) is 17.5. The second-order valence-corrected chi connectivity index (χ2v) is 6.97. The highest BCUT2D eigenvalue weighted by atomic mass is 32.2. The van der Waals surface area contributed by atoms with E-state index in [9.17, 15) is 10.1 Å². The standard InChI is InChI=1S/C20H20N2O2S/c1-2-24-19(23)13-25-20-17(12-21)11-16-10-15(8-9-18(16)22-20)14-6-4-3-5-7-14/h3-7,11,15H,2,8-10,13H2,1H3. The number of ether oxygens (including phenoxy) is 1. The average molecular weight is 352 g/mol. The van der Waals surface area contributed by atoms with Gasteiger partial charge in [-0.15, -0.1) is 0 Å². The fourth-order valence-electron chi connectivity index (χ4n) is 3.18. The van der Waals surface area contributed by atoms with Crippen LogP contribution in [0.4, 0.5) is 0 Å². The van der Waals surface area contributed by atoms with E-state index in [0.29, 0.717) is 23.1 Å². The number of rotatable bonds is 5. The zero-order chi connectivity index (χ0) is 17.6. The van der Waals surface area contributed by atoms with Gasteiger partial charge in [0.05, 0.1) is 17.9 Å². The molecule has 0 saturated carbocycles. The molecule has 1 atom stereocenters. The van der Waals surface area contributed by atoms with E-state index in [1.807, 2.05) is 12.1 Å². The molecule has 1 unspecified atom stereocenters. The number of carbonyl (C=O) groups excluding carboxylic acids is 1. The van der Waals surface area contributed by atoms with Crippen molar-refractivity contribution in [2.45, 2.75) is 37.1 Å². The fraction of sp³-hybridized carbons (Fsp3) is 0.350. The summed E-state index contributed by atoms with van der Waals surface area (Å²) in [6.07, 6.45) is 2.86. The summed E-state index contributed by atoms with van der Waals surface area (Å²) in [4.78, 5) is 16.2. The first-order chi connectivity index (χ1) is 12.2. The van der Waals surface area contributed by atoms with Gasteiger partial charge in [0.25, 0.3) is 0 Å². The lowest BCUT2D eigenvalue weighted by Crippen LogP contribution is -2.15. The van der Waals surface area contributed by atoms with Crippen molar-refractivity contribution < 1.29 is 9.53 Å². The molecule has 2 aromatic rings. The highest BCUT2D eigenvalue weighted by Crippen LogP contribution is 2.34. The van der Waals surface area contributed by atoms with Crippen molar-refractivity contribution in [2.75, 3.05) is 12.4 Å². The quantitative estimate of drug-likeness (QED) is 0.603. The summed E-state index contributed by atoms with van der Waals surface area (Å²) in [7, 11) is 0. The number of hydrogen-bond acceptors (Lipinski definition) is 5. The molecule has 3 rings (SSSR count). The van der Waals surface area contributed by atoms with E-state index in [1.165, 1.54) is 17.3 Å². The molecule has 0 radical (unpaired) electrons. The number of benzene rings is 1. The Hall–Kier alpha value is -2.32. The summed E-state index contributed by atoms with van der Waals surface area (Å²) in [6.45, 7) is 2.15. The summed E-state index contributed by atoms with van der Waals surface area (Å²) in [5.74, 6) is 0.376. The molecule has 128 valence electrons. The molecule has 4 nitrogen and oxygen atoms in total. The number of carbonyl (C=O) groups is 1. The van der Waals surface area contributed by atoms with Crippen molar-refractivity contribution in [1.29, 1.82) is 5.26 Å². The number of pyridine rings is 1. The fourth-order valence-corrected chi connectivity index (χ4v) is 3.95. The van der Waals surface area contributed by atoms with Gasteiger partial charge >= 0.3 is 5.97 Å². The summed E-state index contributed by atoms with van der Waals surface area (Å²) in [5.41, 5.74) is 4.09. The maximum absolute atomic E-state index is 11.6. The van der Waals surface area contributed by atoms with Crippen LogP contribution in [0, 0.1) is 11.3 Å². The van der Waals surface area contributed by atoms with Gasteiger partial charge in [-0.2, -0.15) is 5.26 Å². The third-order valence-corrected chi connectivity index (χ3v) is 5.34. The molecule has 1 heterocycles. The second-order valence-electron chi connectivity index (χ2n) is 6.00. The van der Waals surface area contributed by atoms with E-state index in [1.54, 1.807) is 6.92 Å². The van der Waals surface area contributed by atoms with E-state index in [-0.39, 0.29) is 11.7 Å². The Kier molecular flexibility index (Phi) is 5.72. The zero-order valence-electron chi connectivity index (χ0n) is 14.2. The van der Waals surface area contributed by atoms with Crippen LogP contribution in [0.2, 0.25) is 0 Å². The van der Waals surface area contributed by atoms with E-state index >= 15 is 0 Å². The van der Waals surface area contributed by atoms with Crippen LogP contribution in [-0.4, -0.2) is 23.3 Å². The molecule has 0 saturated heterocycles. The van der Waals surface area contributed by atoms with E-state index < -0.39 is 0 Å². The zero-order valence-corrected chi connectivity index (χ0v) is 15.0. The van der Waals surface area contributed by atoms with E-state index in [0.717, 1.165) is 30.5 Å². The van der Waals surface area contributed by atoms with E-state index in [4.69, 9.17) is 4.74 Å². The third-order valence-electron chi connectivity index (χ3n) is 4.38. The molecule has 25 heavy (non-hydrogen) atoms. The molecule has 5 heteroatoms. The second kappa shape index (κ2) is 8.17. The lowest BCUT2D eigenvalue weighted by atomic mass is 9.82. The molecule has 1 aromatic carbocycles. The van der Waals surface area contributed by atoms with Crippen molar-refractivity contribution in [1.82, 2.24) is 4.98 Å². The topological polar surface area (TPSA) is 63.0 Å². The number of fused-ring (bicyclic) bond motifs is 1. The minimum absolute atomic E-state index is 0.181. The number of nitrogens with zero attached hydrogens (tertiary/aromatic N) is 2. The van der Waals surface area contributed by atoms with Gasteiger partial charge < -0.3 is 4.74 Å². The number of hydrogen-bond donors (Lipinski definition) is 0. The van der Waals surface area contributed by atoms with Crippen LogP contribution < -0.4 is 0 Å². The molecule has 0 aliphatic heterocycles. The predicted molar refractivity (Wildman–Crippen MR) is 97.5 cm³/mol. The molecule has 0 fully saturated rings. The Balaban J connectivity index is 1.78. The Morgan fingerprint density at radius 1 is 1.40 bits per heavy atom.